The number of cyclic esters (lactones) is 1. The number of piperazine rings is 1. The zero-order valence-electron chi connectivity index (χ0n) is 27.1. The van der Waals surface area contributed by atoms with Crippen LogP contribution >= 0.6 is 0 Å². The molecule has 1 saturated heterocycles. The SMILES string of the molecule is CC[C@@]1(O)C(=O)OCc2c1cc1n(c2=O)Cc2cc3c(CN(C)C)c(OC(=O)N4CCN(c5ncc(C(=O)NO)cn5)CC4)ccc3nc2-1. The summed E-state index contributed by atoms with van der Waals surface area (Å²) in [6.07, 6.45) is 2.19. The number of fused-ring (bicyclic) bond motifs is 5. The third kappa shape index (κ3) is 5.43. The quantitative estimate of drug-likeness (QED) is 0.133. The maximum atomic E-state index is 13.6. The average Bonchev–Trinajstić information content (AvgIpc) is 3.47. The fraction of sp³-hybridized carbons (Fsp3) is 0.364. The van der Waals surface area contributed by atoms with Crippen LogP contribution in [-0.2, 0) is 34.8 Å². The van der Waals surface area contributed by atoms with Gasteiger partial charge in [0.15, 0.2) is 5.60 Å². The number of aliphatic hydroxyl groups is 1. The second kappa shape index (κ2) is 12.2. The number of carbonyl (C=O) groups is 3. The van der Waals surface area contributed by atoms with E-state index >= 15 is 0 Å². The van der Waals surface area contributed by atoms with Crippen molar-refractivity contribution in [3.8, 4) is 17.1 Å². The summed E-state index contributed by atoms with van der Waals surface area (Å²) < 4.78 is 12.8. The predicted octanol–water partition coefficient (Wildman–Crippen LogP) is 1.37. The van der Waals surface area contributed by atoms with Gasteiger partial charge in [0.05, 0.1) is 34.6 Å². The van der Waals surface area contributed by atoms with Crippen molar-refractivity contribution >= 4 is 34.8 Å². The number of esters is 1. The van der Waals surface area contributed by atoms with E-state index in [1.807, 2.05) is 30.0 Å². The molecular formula is C33H34N8O8. The standard InChI is InChI=1S/C33H34N8O8/c1-4-33(46)23-12-25-27-18(15-41(25)29(43)22(23)17-48-30(33)44)11-20-21(16-38(2)3)26(6-5-24(20)36-27)49-32(45)40-9-7-39(8-10-40)31-34-13-19(14-35-31)28(42)37-47/h5-6,11-14,46-47H,4,7-10,15-17H2,1-3H3,(H,37,42)/t33-/m0/s1. The number of benzene rings is 1. The molecule has 0 saturated carbocycles. The molecule has 0 radical (unpaired) electrons. The highest BCUT2D eigenvalue weighted by Gasteiger charge is 2.45. The molecule has 3 aliphatic heterocycles. The molecule has 3 N–H and O–H groups in total. The van der Waals surface area contributed by atoms with Crippen molar-refractivity contribution < 1.29 is 34.2 Å². The molecule has 16 heteroatoms. The Hall–Kier alpha value is -5.45. The Balaban J connectivity index is 1.15. The third-order valence-corrected chi connectivity index (χ3v) is 9.25. The smallest absolute Gasteiger partial charge is 0.415 e. The monoisotopic (exact) mass is 670 g/mol. The van der Waals surface area contributed by atoms with Crippen LogP contribution in [0.3, 0.4) is 0 Å². The molecule has 6 heterocycles. The lowest BCUT2D eigenvalue weighted by Gasteiger charge is -2.34. The van der Waals surface area contributed by atoms with E-state index in [2.05, 4.69) is 9.97 Å². The van der Waals surface area contributed by atoms with Crippen LogP contribution in [-0.4, -0.2) is 97.9 Å². The van der Waals surface area contributed by atoms with Crippen LogP contribution in [0.15, 0.2) is 41.5 Å². The van der Waals surface area contributed by atoms with Crippen molar-refractivity contribution in [1.29, 1.82) is 0 Å². The molecule has 1 aromatic carbocycles. The first-order valence-electron chi connectivity index (χ1n) is 15.8. The number of hydroxylamine groups is 1. The lowest BCUT2D eigenvalue weighted by Crippen LogP contribution is -2.50. The van der Waals surface area contributed by atoms with E-state index in [0.29, 0.717) is 61.3 Å². The summed E-state index contributed by atoms with van der Waals surface area (Å²) >= 11 is 0. The van der Waals surface area contributed by atoms with Gasteiger partial charge >= 0.3 is 12.1 Å². The molecule has 2 amide bonds. The highest BCUT2D eigenvalue weighted by atomic mass is 16.6. The summed E-state index contributed by atoms with van der Waals surface area (Å²) in [5, 5.41) is 20.7. The van der Waals surface area contributed by atoms with Gasteiger partial charge in [-0.1, -0.05) is 6.92 Å². The molecule has 49 heavy (non-hydrogen) atoms. The zero-order valence-corrected chi connectivity index (χ0v) is 27.1. The molecular weight excluding hydrogens is 636 g/mol. The van der Waals surface area contributed by atoms with E-state index in [1.54, 1.807) is 40.1 Å². The minimum Gasteiger partial charge on any atom is -0.458 e. The molecule has 7 rings (SSSR count). The number of nitrogens with one attached hydrogen (secondary N) is 1. The molecule has 0 bridgehead atoms. The number of pyridine rings is 2. The summed E-state index contributed by atoms with van der Waals surface area (Å²) in [6, 6.07) is 7.12. The van der Waals surface area contributed by atoms with Gasteiger partial charge in [-0.3, -0.25) is 14.8 Å². The third-order valence-electron chi connectivity index (χ3n) is 9.25. The molecule has 3 aromatic heterocycles. The maximum absolute atomic E-state index is 13.6. The lowest BCUT2D eigenvalue weighted by molar-refractivity contribution is -0.172. The molecule has 0 spiro atoms. The first kappa shape index (κ1) is 32.1. The second-order valence-electron chi connectivity index (χ2n) is 12.5. The summed E-state index contributed by atoms with van der Waals surface area (Å²) in [4.78, 5) is 69.9. The molecule has 1 atom stereocenters. The van der Waals surface area contributed by atoms with Gasteiger partial charge in [-0.2, -0.15) is 0 Å². The average molecular weight is 671 g/mol. The van der Waals surface area contributed by atoms with Gasteiger partial charge in [-0.25, -0.2) is 30.0 Å². The van der Waals surface area contributed by atoms with Crippen molar-refractivity contribution in [3.05, 3.63) is 74.8 Å². The Morgan fingerprint density at radius 2 is 1.84 bits per heavy atom. The Kier molecular flexibility index (Phi) is 8.01. The number of amides is 2. The summed E-state index contributed by atoms with van der Waals surface area (Å²) in [5.41, 5.74) is 3.20. The summed E-state index contributed by atoms with van der Waals surface area (Å²) in [6.45, 7) is 3.74. The minimum atomic E-state index is -1.91. The number of rotatable bonds is 6. The number of carbonyl (C=O) groups excluding carboxylic acids is 3. The minimum absolute atomic E-state index is 0.0560. The van der Waals surface area contributed by atoms with Crippen LogP contribution in [0.1, 0.15) is 46.0 Å². The molecule has 254 valence electrons. The van der Waals surface area contributed by atoms with E-state index in [9.17, 15) is 24.3 Å². The van der Waals surface area contributed by atoms with Crippen LogP contribution < -0.4 is 20.7 Å². The van der Waals surface area contributed by atoms with E-state index < -0.39 is 23.6 Å². The Bertz CT molecular complexity index is 2070. The van der Waals surface area contributed by atoms with Crippen LogP contribution in [0.5, 0.6) is 5.75 Å². The number of aromatic nitrogens is 4. The maximum Gasteiger partial charge on any atom is 0.415 e. The van der Waals surface area contributed by atoms with Gasteiger partial charge < -0.3 is 33.8 Å². The summed E-state index contributed by atoms with van der Waals surface area (Å²) in [7, 11) is 3.82. The second-order valence-corrected chi connectivity index (χ2v) is 12.5. The van der Waals surface area contributed by atoms with Crippen LogP contribution in [0, 0.1) is 0 Å². The van der Waals surface area contributed by atoms with Gasteiger partial charge in [0.1, 0.15) is 12.4 Å². The molecule has 16 nitrogen and oxygen atoms in total. The zero-order chi connectivity index (χ0) is 34.6. The van der Waals surface area contributed by atoms with E-state index in [1.165, 1.54) is 12.4 Å². The molecule has 4 aromatic rings. The fourth-order valence-corrected chi connectivity index (χ4v) is 6.58. The number of nitrogens with zero attached hydrogens (tertiary/aromatic N) is 7. The highest BCUT2D eigenvalue weighted by Crippen LogP contribution is 2.40. The number of hydrogen-bond donors (Lipinski definition) is 3. The number of anilines is 1. The number of hydrogen-bond acceptors (Lipinski definition) is 13. The van der Waals surface area contributed by atoms with Gasteiger partial charge in [-0.05, 0) is 44.8 Å². The molecule has 3 aliphatic rings. The van der Waals surface area contributed by atoms with Crippen LogP contribution in [0.2, 0.25) is 0 Å². The van der Waals surface area contributed by atoms with E-state index in [4.69, 9.17) is 19.7 Å². The first-order chi connectivity index (χ1) is 23.5. The van der Waals surface area contributed by atoms with Gasteiger partial charge in [0.2, 0.25) is 5.95 Å². The van der Waals surface area contributed by atoms with Gasteiger partial charge in [-0.15, -0.1) is 0 Å². The van der Waals surface area contributed by atoms with Gasteiger partial charge in [0, 0.05) is 67.2 Å². The van der Waals surface area contributed by atoms with Crippen molar-refractivity contribution in [2.45, 2.75) is 38.6 Å². The Morgan fingerprint density at radius 3 is 2.51 bits per heavy atom. The number of ether oxygens (including phenoxy) is 2. The van der Waals surface area contributed by atoms with Crippen LogP contribution in [0.25, 0.3) is 22.3 Å². The first-order valence-corrected chi connectivity index (χ1v) is 15.8. The lowest BCUT2D eigenvalue weighted by atomic mass is 9.86. The van der Waals surface area contributed by atoms with Crippen molar-refractivity contribution in [2.24, 2.45) is 0 Å². The molecule has 0 aliphatic carbocycles. The Morgan fingerprint density at radius 1 is 1.10 bits per heavy atom. The van der Waals surface area contributed by atoms with E-state index in [-0.39, 0.29) is 41.8 Å². The summed E-state index contributed by atoms with van der Waals surface area (Å²) in [5.74, 6) is -0.689. The van der Waals surface area contributed by atoms with Gasteiger partial charge in [0.25, 0.3) is 11.5 Å². The van der Waals surface area contributed by atoms with Crippen LogP contribution in [0.4, 0.5) is 10.7 Å². The topological polar surface area (TPSA) is 193 Å². The fourth-order valence-electron chi connectivity index (χ4n) is 6.58. The van der Waals surface area contributed by atoms with Crippen molar-refractivity contribution in [1.82, 2.24) is 34.8 Å². The van der Waals surface area contributed by atoms with E-state index in [0.717, 1.165) is 16.5 Å². The predicted molar refractivity (Wildman–Crippen MR) is 173 cm³/mol. The largest absolute Gasteiger partial charge is 0.458 e. The van der Waals surface area contributed by atoms with Crippen molar-refractivity contribution in [3.63, 3.8) is 0 Å². The normalized spacial score (nSPS) is 18.2. The van der Waals surface area contributed by atoms with Crippen molar-refractivity contribution in [2.75, 3.05) is 45.2 Å². The molecule has 0 unspecified atom stereocenters. The highest BCUT2D eigenvalue weighted by molar-refractivity contribution is 5.93. The molecule has 1 fully saturated rings. The Labute approximate surface area is 279 Å².